The van der Waals surface area contributed by atoms with Crippen LogP contribution in [0, 0.1) is 0 Å². The van der Waals surface area contributed by atoms with Crippen molar-refractivity contribution in [3.63, 3.8) is 0 Å². The minimum absolute atomic E-state index is 0. The van der Waals surface area contributed by atoms with Crippen LogP contribution in [-0.2, 0) is 0 Å². The van der Waals surface area contributed by atoms with Gasteiger partial charge in [-0.1, -0.05) is 18.2 Å². The molecule has 0 atom stereocenters. The Bertz CT molecular complexity index is 1000. The van der Waals surface area contributed by atoms with E-state index in [1.165, 1.54) is 0 Å². The first-order chi connectivity index (χ1) is 14.0. The van der Waals surface area contributed by atoms with Gasteiger partial charge in [-0.3, -0.25) is 4.79 Å². The van der Waals surface area contributed by atoms with E-state index in [0.29, 0.717) is 52.8 Å². The molecule has 0 unspecified atom stereocenters. The van der Waals surface area contributed by atoms with Crippen molar-refractivity contribution >= 4 is 41.0 Å². The van der Waals surface area contributed by atoms with E-state index >= 15 is 0 Å². The molecule has 8 nitrogen and oxygen atoms in total. The number of fused-ring (bicyclic) bond motifs is 1. The molecule has 3 aromatic rings. The van der Waals surface area contributed by atoms with Crippen LogP contribution in [0.25, 0.3) is 10.9 Å². The van der Waals surface area contributed by atoms with Crippen molar-refractivity contribution in [2.75, 3.05) is 45.0 Å². The molecule has 1 aromatic heterocycles. The number of hydrogen-bond acceptors (Lipinski definition) is 7. The zero-order chi connectivity index (χ0) is 20.8. The number of amides is 1. The van der Waals surface area contributed by atoms with Crippen molar-refractivity contribution in [1.82, 2.24) is 15.3 Å². The summed E-state index contributed by atoms with van der Waals surface area (Å²) in [4.78, 5) is 23.0. The van der Waals surface area contributed by atoms with Gasteiger partial charge in [0.15, 0.2) is 11.5 Å². The molecule has 3 rings (SSSR count). The molecule has 1 amide bonds. The second-order valence-corrected chi connectivity index (χ2v) is 6.53. The normalized spacial score (nSPS) is 10.2. The van der Waals surface area contributed by atoms with Crippen molar-refractivity contribution in [2.45, 2.75) is 6.42 Å². The zero-order valence-corrected chi connectivity index (χ0v) is 18.0. The fourth-order valence-corrected chi connectivity index (χ4v) is 2.95. The quantitative estimate of drug-likeness (QED) is 0.528. The molecule has 9 heteroatoms. The summed E-state index contributed by atoms with van der Waals surface area (Å²) in [7, 11) is 5.03. The number of hydrogen-bond donors (Lipinski definition) is 2. The summed E-state index contributed by atoms with van der Waals surface area (Å²) in [5.41, 5.74) is 7.46. The smallest absolute Gasteiger partial charge is 0.251 e. The second-order valence-electron chi connectivity index (χ2n) is 6.53. The Labute approximate surface area is 181 Å². The highest BCUT2D eigenvalue weighted by Crippen LogP contribution is 2.33. The van der Waals surface area contributed by atoms with E-state index in [9.17, 15) is 4.79 Å². The summed E-state index contributed by atoms with van der Waals surface area (Å²) < 4.78 is 10.7. The largest absolute Gasteiger partial charge is 0.493 e. The Morgan fingerprint density at radius 1 is 1.10 bits per heavy atom. The first-order valence-corrected chi connectivity index (χ1v) is 9.27. The third-order valence-corrected chi connectivity index (χ3v) is 4.55. The number of carbonyl (C=O) groups excluding carboxylic acids is 1. The predicted octanol–water partition coefficient (Wildman–Crippen LogP) is 2.91. The van der Waals surface area contributed by atoms with Crippen LogP contribution in [0.5, 0.6) is 11.5 Å². The number of nitrogens with zero attached hydrogens (tertiary/aromatic N) is 3. The third kappa shape index (κ3) is 5.21. The average molecular weight is 432 g/mol. The lowest BCUT2D eigenvalue weighted by molar-refractivity contribution is 0.0953. The molecule has 0 aliphatic heterocycles. The number of nitrogen functional groups attached to an aromatic ring is 1. The van der Waals surface area contributed by atoms with Crippen LogP contribution in [0.1, 0.15) is 16.8 Å². The molecular formula is C21H26ClN5O3. The fraction of sp³-hybridized carbons (Fsp3) is 0.286. The molecule has 2 aromatic carbocycles. The number of aromatic nitrogens is 2. The molecule has 0 aliphatic carbocycles. The van der Waals surface area contributed by atoms with Crippen LogP contribution in [0.3, 0.4) is 0 Å². The van der Waals surface area contributed by atoms with E-state index in [1.54, 1.807) is 38.5 Å². The molecule has 0 radical (unpaired) electrons. The summed E-state index contributed by atoms with van der Waals surface area (Å²) in [5.74, 6) is 1.95. The molecule has 0 saturated heterocycles. The summed E-state index contributed by atoms with van der Waals surface area (Å²) >= 11 is 0. The van der Waals surface area contributed by atoms with Gasteiger partial charge in [0, 0.05) is 37.2 Å². The molecule has 0 aliphatic rings. The molecule has 30 heavy (non-hydrogen) atoms. The summed E-state index contributed by atoms with van der Waals surface area (Å²) in [6.45, 7) is 1.21. The SMILES string of the molecule is COc1cc2nc(N(C)CCCNC(=O)c3ccccc3)nc(N)c2cc1OC.Cl. The Kier molecular flexibility index (Phi) is 8.06. The van der Waals surface area contributed by atoms with E-state index in [4.69, 9.17) is 15.2 Å². The number of ether oxygens (including phenoxy) is 2. The monoisotopic (exact) mass is 431 g/mol. The van der Waals surface area contributed by atoms with Crippen molar-refractivity contribution < 1.29 is 14.3 Å². The van der Waals surface area contributed by atoms with Crippen LogP contribution in [-0.4, -0.2) is 50.2 Å². The van der Waals surface area contributed by atoms with E-state index in [1.807, 2.05) is 30.1 Å². The minimum atomic E-state index is -0.0829. The van der Waals surface area contributed by atoms with Gasteiger partial charge in [0.2, 0.25) is 5.95 Å². The summed E-state index contributed by atoms with van der Waals surface area (Å²) in [6, 6.07) is 12.7. The van der Waals surface area contributed by atoms with E-state index in [-0.39, 0.29) is 18.3 Å². The van der Waals surface area contributed by atoms with Gasteiger partial charge in [-0.25, -0.2) is 4.98 Å². The molecule has 0 bridgehead atoms. The highest BCUT2D eigenvalue weighted by atomic mass is 35.5. The number of nitrogens with two attached hydrogens (primary N) is 1. The predicted molar refractivity (Wildman–Crippen MR) is 121 cm³/mol. The van der Waals surface area contributed by atoms with Crippen molar-refractivity contribution in [3.8, 4) is 11.5 Å². The zero-order valence-electron chi connectivity index (χ0n) is 17.2. The van der Waals surface area contributed by atoms with Crippen molar-refractivity contribution in [2.24, 2.45) is 0 Å². The van der Waals surface area contributed by atoms with E-state index in [2.05, 4.69) is 15.3 Å². The molecule has 160 valence electrons. The van der Waals surface area contributed by atoms with Gasteiger partial charge in [0.1, 0.15) is 5.82 Å². The number of nitrogens with one attached hydrogen (secondary N) is 1. The number of carbonyl (C=O) groups is 1. The van der Waals surface area contributed by atoms with Gasteiger partial charge in [-0.15, -0.1) is 12.4 Å². The van der Waals surface area contributed by atoms with Gasteiger partial charge in [-0.2, -0.15) is 4.98 Å². The van der Waals surface area contributed by atoms with Crippen molar-refractivity contribution in [1.29, 1.82) is 0 Å². The lowest BCUT2D eigenvalue weighted by Crippen LogP contribution is -2.28. The van der Waals surface area contributed by atoms with Gasteiger partial charge < -0.3 is 25.4 Å². The van der Waals surface area contributed by atoms with E-state index < -0.39 is 0 Å². The molecule has 0 spiro atoms. The van der Waals surface area contributed by atoms with Crippen LogP contribution < -0.4 is 25.4 Å². The lowest BCUT2D eigenvalue weighted by Gasteiger charge is -2.18. The molecular weight excluding hydrogens is 406 g/mol. The number of benzene rings is 2. The van der Waals surface area contributed by atoms with Gasteiger partial charge in [0.25, 0.3) is 5.91 Å². The Hall–Kier alpha value is -3.26. The number of halogens is 1. The van der Waals surface area contributed by atoms with Crippen LogP contribution >= 0.6 is 12.4 Å². The third-order valence-electron chi connectivity index (χ3n) is 4.55. The molecule has 0 fully saturated rings. The van der Waals surface area contributed by atoms with Gasteiger partial charge >= 0.3 is 0 Å². The van der Waals surface area contributed by atoms with E-state index in [0.717, 1.165) is 6.42 Å². The Morgan fingerprint density at radius 3 is 2.43 bits per heavy atom. The molecule has 1 heterocycles. The van der Waals surface area contributed by atoms with Crippen LogP contribution in [0.2, 0.25) is 0 Å². The average Bonchev–Trinajstić information content (AvgIpc) is 2.75. The fourth-order valence-electron chi connectivity index (χ4n) is 2.95. The Morgan fingerprint density at radius 2 is 1.77 bits per heavy atom. The number of anilines is 2. The number of rotatable bonds is 8. The standard InChI is InChI=1S/C21H25N5O3.ClH/c1-26(11-7-10-23-20(27)14-8-5-4-6-9-14)21-24-16-13-18(29-3)17(28-2)12-15(16)19(22)25-21;/h4-6,8-9,12-13H,7,10-11H2,1-3H3,(H,23,27)(H2,22,24,25);1H. The van der Waals surface area contributed by atoms with Crippen molar-refractivity contribution in [3.05, 3.63) is 48.0 Å². The lowest BCUT2D eigenvalue weighted by atomic mass is 10.2. The topological polar surface area (TPSA) is 103 Å². The van der Waals surface area contributed by atoms with Gasteiger partial charge in [0.05, 0.1) is 19.7 Å². The number of methoxy groups -OCH3 is 2. The highest BCUT2D eigenvalue weighted by molar-refractivity contribution is 5.94. The first-order valence-electron chi connectivity index (χ1n) is 9.27. The highest BCUT2D eigenvalue weighted by Gasteiger charge is 2.13. The molecule has 0 saturated carbocycles. The minimum Gasteiger partial charge on any atom is -0.493 e. The van der Waals surface area contributed by atoms with Crippen LogP contribution in [0.4, 0.5) is 11.8 Å². The maximum atomic E-state index is 12.1. The maximum Gasteiger partial charge on any atom is 0.251 e. The van der Waals surface area contributed by atoms with Crippen LogP contribution in [0.15, 0.2) is 42.5 Å². The first kappa shape index (κ1) is 23.0. The maximum absolute atomic E-state index is 12.1. The summed E-state index contributed by atoms with van der Waals surface area (Å²) in [5, 5.41) is 3.62. The van der Waals surface area contributed by atoms with Gasteiger partial charge in [-0.05, 0) is 24.6 Å². The molecule has 3 N–H and O–H groups in total. The summed E-state index contributed by atoms with van der Waals surface area (Å²) in [6.07, 6.45) is 0.738. The Balaban J connectivity index is 0.00000320. The second kappa shape index (κ2) is 10.5.